The minimum absolute atomic E-state index is 0.115. The molecule has 5 nitrogen and oxygen atoms in total. The van der Waals surface area contributed by atoms with E-state index in [0.717, 1.165) is 43.7 Å². The van der Waals surface area contributed by atoms with Gasteiger partial charge in [-0.25, -0.2) is 0 Å². The maximum Gasteiger partial charge on any atom is 0.253 e. The molecule has 5 heteroatoms. The van der Waals surface area contributed by atoms with Crippen molar-refractivity contribution in [2.45, 2.75) is 45.6 Å². The Hall–Kier alpha value is -2.40. The van der Waals surface area contributed by atoms with E-state index in [0.29, 0.717) is 12.1 Å². The van der Waals surface area contributed by atoms with Crippen molar-refractivity contribution in [2.24, 2.45) is 0 Å². The topological polar surface area (TPSA) is 63.2 Å². The summed E-state index contributed by atoms with van der Waals surface area (Å²) in [5.74, 6) is -0.115. The van der Waals surface area contributed by atoms with E-state index in [-0.39, 0.29) is 12.0 Å². The lowest BCUT2D eigenvalue weighted by molar-refractivity contribution is 0.0857. The number of anilines is 2. The van der Waals surface area contributed by atoms with Gasteiger partial charge in [-0.1, -0.05) is 32.0 Å². The van der Waals surface area contributed by atoms with Crippen LogP contribution >= 0.6 is 0 Å². The van der Waals surface area contributed by atoms with Crippen LogP contribution in [0.25, 0.3) is 0 Å². The number of para-hydroxylation sites is 1. The Morgan fingerprint density at radius 2 is 2.00 bits per heavy atom. The standard InChI is InChI=1S/C21H27N3O2/c1-3-15-7-5-8-16(4-2)20(15)24-18-11-17(12-22-13-18)21(25)23-14-19-9-6-10-26-19/h5,7-8,11-13,19,24H,3-4,6,9-10,14H2,1-2H3,(H,23,25). The van der Waals surface area contributed by atoms with Crippen LogP contribution in [0.3, 0.4) is 0 Å². The van der Waals surface area contributed by atoms with Crippen LogP contribution in [0.4, 0.5) is 11.4 Å². The average molecular weight is 353 g/mol. The van der Waals surface area contributed by atoms with Crippen LogP contribution in [0.2, 0.25) is 0 Å². The summed E-state index contributed by atoms with van der Waals surface area (Å²) in [5, 5.41) is 6.41. The van der Waals surface area contributed by atoms with Crippen LogP contribution < -0.4 is 10.6 Å². The van der Waals surface area contributed by atoms with Gasteiger partial charge in [-0.3, -0.25) is 9.78 Å². The Bertz CT molecular complexity index is 732. The number of benzene rings is 1. The second-order valence-electron chi connectivity index (χ2n) is 6.59. The van der Waals surface area contributed by atoms with Gasteiger partial charge in [0.1, 0.15) is 0 Å². The van der Waals surface area contributed by atoms with Gasteiger partial charge in [0.05, 0.1) is 23.6 Å². The first-order valence-electron chi connectivity index (χ1n) is 9.43. The van der Waals surface area contributed by atoms with E-state index >= 15 is 0 Å². The van der Waals surface area contributed by atoms with Gasteiger partial charge in [0, 0.05) is 25.0 Å². The maximum atomic E-state index is 12.4. The van der Waals surface area contributed by atoms with Gasteiger partial charge in [0.2, 0.25) is 0 Å². The highest BCUT2D eigenvalue weighted by Gasteiger charge is 2.17. The van der Waals surface area contributed by atoms with Gasteiger partial charge in [-0.15, -0.1) is 0 Å². The number of hydrogen-bond acceptors (Lipinski definition) is 4. The molecule has 1 aromatic carbocycles. The quantitative estimate of drug-likeness (QED) is 0.793. The molecule has 2 N–H and O–H groups in total. The molecular formula is C21H27N3O2. The predicted octanol–water partition coefficient (Wildman–Crippen LogP) is 3.86. The van der Waals surface area contributed by atoms with Crippen LogP contribution in [-0.4, -0.2) is 30.1 Å². The second-order valence-corrected chi connectivity index (χ2v) is 6.59. The lowest BCUT2D eigenvalue weighted by atomic mass is 10.0. The first kappa shape index (κ1) is 18.4. The number of rotatable bonds is 7. The van der Waals surface area contributed by atoms with Crippen LogP contribution in [0.15, 0.2) is 36.7 Å². The molecule has 1 saturated heterocycles. The maximum absolute atomic E-state index is 12.4. The van der Waals surface area contributed by atoms with E-state index in [4.69, 9.17) is 4.74 Å². The lowest BCUT2D eigenvalue weighted by Crippen LogP contribution is -2.31. The summed E-state index contributed by atoms with van der Waals surface area (Å²) in [6.07, 6.45) is 7.46. The lowest BCUT2D eigenvalue weighted by Gasteiger charge is -2.16. The average Bonchev–Trinajstić information content (AvgIpc) is 3.20. The van der Waals surface area contributed by atoms with Crippen molar-refractivity contribution in [3.8, 4) is 0 Å². The molecule has 0 saturated carbocycles. The van der Waals surface area contributed by atoms with E-state index < -0.39 is 0 Å². The van der Waals surface area contributed by atoms with Gasteiger partial charge in [0.15, 0.2) is 0 Å². The van der Waals surface area contributed by atoms with Gasteiger partial charge in [0.25, 0.3) is 5.91 Å². The van der Waals surface area contributed by atoms with Crippen molar-refractivity contribution >= 4 is 17.3 Å². The first-order chi connectivity index (χ1) is 12.7. The molecular weight excluding hydrogens is 326 g/mol. The third kappa shape index (κ3) is 4.41. The predicted molar refractivity (Wildman–Crippen MR) is 104 cm³/mol. The van der Waals surface area contributed by atoms with E-state index in [1.165, 1.54) is 11.1 Å². The summed E-state index contributed by atoms with van der Waals surface area (Å²) in [5.41, 5.74) is 5.02. The Morgan fingerprint density at radius 3 is 2.65 bits per heavy atom. The SMILES string of the molecule is CCc1cccc(CC)c1Nc1cncc(C(=O)NCC2CCCO2)c1. The number of ether oxygens (including phenoxy) is 1. The molecule has 3 rings (SSSR count). The zero-order valence-corrected chi connectivity index (χ0v) is 15.5. The largest absolute Gasteiger partial charge is 0.376 e. The van der Waals surface area contributed by atoms with E-state index in [1.54, 1.807) is 12.4 Å². The number of aromatic nitrogens is 1. The summed E-state index contributed by atoms with van der Waals surface area (Å²) in [7, 11) is 0. The Morgan fingerprint density at radius 1 is 1.23 bits per heavy atom. The minimum Gasteiger partial charge on any atom is -0.376 e. The molecule has 1 fully saturated rings. The van der Waals surface area contributed by atoms with Crippen LogP contribution in [0, 0.1) is 0 Å². The number of carbonyl (C=O) groups excluding carboxylic acids is 1. The third-order valence-electron chi connectivity index (χ3n) is 4.78. The summed E-state index contributed by atoms with van der Waals surface area (Å²) in [4.78, 5) is 16.7. The fourth-order valence-electron chi connectivity index (χ4n) is 3.29. The van der Waals surface area contributed by atoms with Crippen LogP contribution in [0.1, 0.15) is 48.2 Å². The monoisotopic (exact) mass is 353 g/mol. The van der Waals surface area contributed by atoms with Crippen molar-refractivity contribution in [3.05, 3.63) is 53.3 Å². The number of pyridine rings is 1. The third-order valence-corrected chi connectivity index (χ3v) is 4.78. The molecule has 2 aromatic rings. The summed E-state index contributed by atoms with van der Waals surface area (Å²) < 4.78 is 5.55. The molecule has 26 heavy (non-hydrogen) atoms. The molecule has 1 unspecified atom stereocenters. The highest BCUT2D eigenvalue weighted by atomic mass is 16.5. The summed E-state index contributed by atoms with van der Waals surface area (Å²) in [6, 6.07) is 8.21. The molecule has 0 spiro atoms. The van der Waals surface area contributed by atoms with Gasteiger partial charge >= 0.3 is 0 Å². The Balaban J connectivity index is 1.72. The highest BCUT2D eigenvalue weighted by Crippen LogP contribution is 2.26. The number of hydrogen-bond donors (Lipinski definition) is 2. The fraction of sp³-hybridized carbons (Fsp3) is 0.429. The molecule has 1 aromatic heterocycles. The van der Waals surface area contributed by atoms with Crippen LogP contribution in [0.5, 0.6) is 0 Å². The van der Waals surface area contributed by atoms with Crippen molar-refractivity contribution in [1.29, 1.82) is 0 Å². The summed E-state index contributed by atoms with van der Waals surface area (Å²) in [6.45, 7) is 5.63. The number of nitrogens with zero attached hydrogens (tertiary/aromatic N) is 1. The molecule has 138 valence electrons. The van der Waals surface area contributed by atoms with Crippen molar-refractivity contribution in [2.75, 3.05) is 18.5 Å². The van der Waals surface area contributed by atoms with Gasteiger partial charge in [-0.05, 0) is 42.9 Å². The molecule has 0 aliphatic carbocycles. The molecule has 0 bridgehead atoms. The molecule has 1 aliphatic heterocycles. The normalized spacial score (nSPS) is 16.5. The Kier molecular flexibility index (Phi) is 6.23. The minimum atomic E-state index is -0.115. The van der Waals surface area contributed by atoms with E-state index in [9.17, 15) is 4.79 Å². The number of nitrogens with one attached hydrogen (secondary N) is 2. The molecule has 1 atom stereocenters. The zero-order valence-electron chi connectivity index (χ0n) is 15.5. The molecule has 1 amide bonds. The van der Waals surface area contributed by atoms with Crippen molar-refractivity contribution in [3.63, 3.8) is 0 Å². The smallest absolute Gasteiger partial charge is 0.253 e. The number of aryl methyl sites for hydroxylation is 2. The number of carbonyl (C=O) groups is 1. The first-order valence-corrected chi connectivity index (χ1v) is 9.43. The molecule has 0 radical (unpaired) electrons. The molecule has 2 heterocycles. The van der Waals surface area contributed by atoms with Gasteiger partial charge in [-0.2, -0.15) is 0 Å². The van der Waals surface area contributed by atoms with Gasteiger partial charge < -0.3 is 15.4 Å². The van der Waals surface area contributed by atoms with Crippen molar-refractivity contribution < 1.29 is 9.53 Å². The number of amides is 1. The van der Waals surface area contributed by atoms with E-state index in [1.807, 2.05) is 6.07 Å². The van der Waals surface area contributed by atoms with E-state index in [2.05, 4.69) is 47.7 Å². The van der Waals surface area contributed by atoms with Crippen molar-refractivity contribution in [1.82, 2.24) is 10.3 Å². The fourth-order valence-corrected chi connectivity index (χ4v) is 3.29. The van der Waals surface area contributed by atoms with Crippen LogP contribution in [-0.2, 0) is 17.6 Å². The zero-order chi connectivity index (χ0) is 18.4. The second kappa shape index (κ2) is 8.81. The Labute approximate surface area is 155 Å². The molecule has 1 aliphatic rings. The highest BCUT2D eigenvalue weighted by molar-refractivity contribution is 5.95. The summed E-state index contributed by atoms with van der Waals surface area (Å²) >= 11 is 0.